The first-order valence-corrected chi connectivity index (χ1v) is 8.37. The minimum atomic E-state index is -1.28. The summed E-state index contributed by atoms with van der Waals surface area (Å²) in [5.41, 5.74) is 8.47. The Hall–Kier alpha value is -0.0900. The van der Waals surface area contributed by atoms with Crippen LogP contribution in [0.15, 0.2) is 0 Å². The van der Waals surface area contributed by atoms with E-state index >= 15 is 0 Å². The zero-order chi connectivity index (χ0) is 13.7. The fraction of sp³-hybridized carbons (Fsp3) is 0.750. The van der Waals surface area contributed by atoms with Crippen molar-refractivity contribution in [1.29, 1.82) is 0 Å². The van der Waals surface area contributed by atoms with Crippen molar-refractivity contribution in [1.82, 2.24) is 0 Å². The second-order valence-corrected chi connectivity index (χ2v) is 8.27. The molecule has 0 aromatic rings. The summed E-state index contributed by atoms with van der Waals surface area (Å²) in [5.74, 6) is -1.67. The second-order valence-electron chi connectivity index (χ2n) is 4.04. The third-order valence-electron chi connectivity index (χ3n) is 1.79. The minimum Gasteiger partial charge on any atom is -0.480 e. The summed E-state index contributed by atoms with van der Waals surface area (Å²) in [6.45, 7) is 2.86. The van der Waals surface area contributed by atoms with Crippen LogP contribution >= 0.6 is 31.4 Å². The summed E-state index contributed by atoms with van der Waals surface area (Å²) in [7, 11) is 3.82. The number of carboxylic acid groups (broad SMARTS) is 2. The molecule has 2 atom stereocenters. The molecule has 0 rings (SSSR count). The summed E-state index contributed by atoms with van der Waals surface area (Å²) in [6, 6.07) is 0. The van der Waals surface area contributed by atoms with Crippen molar-refractivity contribution in [3.8, 4) is 0 Å². The Bertz CT molecular complexity index is 268. The van der Waals surface area contributed by atoms with Gasteiger partial charge in [-0.2, -0.15) is 0 Å². The van der Waals surface area contributed by atoms with Gasteiger partial charge < -0.3 is 21.7 Å². The van der Waals surface area contributed by atoms with Crippen LogP contribution in [0.25, 0.3) is 0 Å². The fourth-order valence-electron chi connectivity index (χ4n) is 0.450. The molecule has 0 spiro atoms. The van der Waals surface area contributed by atoms with Crippen molar-refractivity contribution in [2.24, 2.45) is 11.5 Å². The predicted octanol–water partition coefficient (Wildman–Crippen LogP) is 0.620. The first-order valence-electron chi connectivity index (χ1n) is 4.55. The average Bonchev–Trinajstić information content (AvgIpc) is 2.16. The van der Waals surface area contributed by atoms with Crippen molar-refractivity contribution in [3.05, 3.63) is 0 Å². The van der Waals surface area contributed by atoms with Gasteiger partial charge in [0.25, 0.3) is 0 Å². The number of aliphatic carboxylic acids is 2. The molecule has 0 aromatic heterocycles. The monoisotopic (exact) mass is 300 g/mol. The van der Waals surface area contributed by atoms with E-state index in [1.54, 1.807) is 0 Å². The van der Waals surface area contributed by atoms with Crippen LogP contribution in [0.1, 0.15) is 13.8 Å². The first kappa shape index (κ1) is 16.9. The molecule has 0 aliphatic rings. The highest BCUT2D eigenvalue weighted by Gasteiger charge is 2.29. The van der Waals surface area contributed by atoms with Crippen LogP contribution in [0.2, 0.25) is 0 Å². The molecule has 0 bridgehead atoms. The van der Waals surface area contributed by atoms with Gasteiger partial charge in [0.15, 0.2) is 0 Å². The molecule has 0 amide bonds. The Morgan fingerprint density at radius 1 is 1.00 bits per heavy atom. The molecule has 0 aromatic carbocycles. The van der Waals surface area contributed by atoms with Gasteiger partial charge in [-0.1, -0.05) is 21.6 Å². The summed E-state index contributed by atoms with van der Waals surface area (Å²) < 4.78 is 0. The van der Waals surface area contributed by atoms with Gasteiger partial charge in [0, 0.05) is 11.5 Å². The molecular formula is C8H16N2O4S3. The van der Waals surface area contributed by atoms with Crippen LogP contribution in [0.4, 0.5) is 0 Å². The minimum absolute atomic E-state index is 0.231. The zero-order valence-corrected chi connectivity index (χ0v) is 12.0. The number of rotatable bonds is 8. The van der Waals surface area contributed by atoms with E-state index < -0.39 is 23.0 Å². The molecule has 6 nitrogen and oxygen atoms in total. The Morgan fingerprint density at radius 2 is 1.29 bits per heavy atom. The van der Waals surface area contributed by atoms with Crippen LogP contribution in [0.5, 0.6) is 0 Å². The van der Waals surface area contributed by atoms with Gasteiger partial charge in [0.2, 0.25) is 0 Å². The summed E-state index contributed by atoms with van der Waals surface area (Å²) >= 11 is 0. The highest BCUT2D eigenvalue weighted by molar-refractivity contribution is 9.09. The normalized spacial score (nSPS) is 18.1. The molecule has 0 heterocycles. The third kappa shape index (κ3) is 6.41. The van der Waals surface area contributed by atoms with E-state index in [1.165, 1.54) is 45.3 Å². The Balaban J connectivity index is 3.81. The SMILES string of the molecule is C[C@](N)(CSSSC[C@](C)(N)C(=O)O)C(=O)O. The maximum atomic E-state index is 10.7. The molecule has 0 radical (unpaired) electrons. The average molecular weight is 300 g/mol. The van der Waals surface area contributed by atoms with Gasteiger partial charge in [-0.15, -0.1) is 0 Å². The van der Waals surface area contributed by atoms with Gasteiger partial charge in [0.05, 0.1) is 0 Å². The smallest absolute Gasteiger partial charge is 0.324 e. The summed E-state index contributed by atoms with van der Waals surface area (Å²) in [6.07, 6.45) is 0. The lowest BCUT2D eigenvalue weighted by Crippen LogP contribution is -2.47. The Morgan fingerprint density at radius 3 is 1.53 bits per heavy atom. The molecule has 0 unspecified atom stereocenters. The number of carbonyl (C=O) groups is 2. The number of carboxylic acids is 2. The van der Waals surface area contributed by atoms with Crippen LogP contribution in [0, 0.1) is 0 Å². The van der Waals surface area contributed by atoms with Crippen LogP contribution in [-0.2, 0) is 9.59 Å². The lowest BCUT2D eigenvalue weighted by molar-refractivity contribution is -0.142. The third-order valence-corrected chi connectivity index (χ3v) is 6.43. The van der Waals surface area contributed by atoms with Crippen molar-refractivity contribution >= 4 is 43.4 Å². The Kier molecular flexibility index (Phi) is 6.70. The van der Waals surface area contributed by atoms with E-state index in [0.29, 0.717) is 0 Å². The van der Waals surface area contributed by atoms with Crippen molar-refractivity contribution in [2.45, 2.75) is 24.9 Å². The van der Waals surface area contributed by atoms with Gasteiger partial charge in [-0.25, -0.2) is 0 Å². The van der Waals surface area contributed by atoms with E-state index in [4.69, 9.17) is 21.7 Å². The number of nitrogens with two attached hydrogens (primary N) is 2. The lowest BCUT2D eigenvalue weighted by atomic mass is 10.1. The molecule has 0 saturated carbocycles. The van der Waals surface area contributed by atoms with Crippen molar-refractivity contribution in [2.75, 3.05) is 11.5 Å². The molecule has 0 fully saturated rings. The zero-order valence-electron chi connectivity index (χ0n) is 9.50. The lowest BCUT2D eigenvalue weighted by Gasteiger charge is -2.19. The van der Waals surface area contributed by atoms with Crippen molar-refractivity contribution < 1.29 is 19.8 Å². The largest absolute Gasteiger partial charge is 0.480 e. The molecule has 0 aliphatic carbocycles. The molecule has 17 heavy (non-hydrogen) atoms. The van der Waals surface area contributed by atoms with Crippen LogP contribution in [-0.4, -0.2) is 44.7 Å². The van der Waals surface area contributed by atoms with E-state index in [-0.39, 0.29) is 11.5 Å². The molecule has 100 valence electrons. The van der Waals surface area contributed by atoms with Gasteiger partial charge in [-0.3, -0.25) is 9.59 Å². The van der Waals surface area contributed by atoms with E-state index in [0.717, 1.165) is 0 Å². The summed E-state index contributed by atoms with van der Waals surface area (Å²) in [5, 5.41) is 17.5. The van der Waals surface area contributed by atoms with Gasteiger partial charge >= 0.3 is 11.9 Å². The van der Waals surface area contributed by atoms with Crippen molar-refractivity contribution in [3.63, 3.8) is 0 Å². The van der Waals surface area contributed by atoms with Crippen LogP contribution in [0.3, 0.4) is 0 Å². The molecule has 0 saturated heterocycles. The molecule has 9 heteroatoms. The topological polar surface area (TPSA) is 127 Å². The quantitative estimate of drug-likeness (QED) is 0.377. The fourth-order valence-corrected chi connectivity index (χ4v) is 4.79. The van der Waals surface area contributed by atoms with E-state index in [2.05, 4.69) is 0 Å². The summed E-state index contributed by atoms with van der Waals surface area (Å²) in [4.78, 5) is 21.4. The van der Waals surface area contributed by atoms with Crippen LogP contribution < -0.4 is 11.5 Å². The Labute approximate surface area is 111 Å². The standard InChI is InChI=1S/C8H16N2O4S3/c1-7(9,5(11)12)3-15-17-16-4-8(2,10)6(13)14/h3-4,9-10H2,1-2H3,(H,11,12)(H,13,14)/t7-,8-/m0/s1. The van der Waals surface area contributed by atoms with E-state index in [9.17, 15) is 9.59 Å². The second kappa shape index (κ2) is 6.74. The highest BCUT2D eigenvalue weighted by Crippen LogP contribution is 2.37. The number of hydrogen-bond acceptors (Lipinski definition) is 7. The molecular weight excluding hydrogens is 284 g/mol. The maximum Gasteiger partial charge on any atom is 0.324 e. The van der Waals surface area contributed by atoms with E-state index in [1.807, 2.05) is 0 Å². The molecule has 6 N–H and O–H groups in total. The molecule has 0 aliphatic heterocycles. The number of hydrogen-bond donors (Lipinski definition) is 4. The van der Waals surface area contributed by atoms with Gasteiger partial charge in [-0.05, 0) is 23.7 Å². The first-order chi connectivity index (χ1) is 7.59. The predicted molar refractivity (Wildman–Crippen MR) is 73.0 cm³/mol. The maximum absolute atomic E-state index is 10.7. The van der Waals surface area contributed by atoms with Gasteiger partial charge in [0.1, 0.15) is 11.1 Å². The highest BCUT2D eigenvalue weighted by atomic mass is 33.5.